The number of anilines is 1. The van der Waals surface area contributed by atoms with E-state index in [1.165, 1.54) is 0 Å². The Morgan fingerprint density at radius 3 is 2.89 bits per heavy atom. The first kappa shape index (κ1) is 12.7. The summed E-state index contributed by atoms with van der Waals surface area (Å²) in [6.45, 7) is 2.12. The number of nitrogens with one attached hydrogen (secondary N) is 1. The number of hydrogen-bond donors (Lipinski definition) is 1. The molecule has 18 heavy (non-hydrogen) atoms. The lowest BCUT2D eigenvalue weighted by atomic mass is 10.3. The van der Waals surface area contributed by atoms with Crippen LogP contribution in [0.2, 0.25) is 0 Å². The van der Waals surface area contributed by atoms with E-state index in [0.717, 1.165) is 22.3 Å². The number of imidazole rings is 1. The topological polar surface area (TPSA) is 42.2 Å². The van der Waals surface area contributed by atoms with Crippen molar-refractivity contribution < 1.29 is 0 Å². The lowest BCUT2D eigenvalue weighted by Gasteiger charge is -2.01. The molecular weight excluding hydrogens is 244 g/mol. The zero-order valence-corrected chi connectivity index (χ0v) is 11.3. The Bertz CT molecular complexity index is 519. The Hall–Kier alpha value is -1.75. The van der Waals surface area contributed by atoms with Gasteiger partial charge in [0, 0.05) is 7.05 Å². The molecule has 0 amide bonds. The Morgan fingerprint density at radius 1 is 1.39 bits per heavy atom. The van der Waals surface area contributed by atoms with Gasteiger partial charge in [0.25, 0.3) is 0 Å². The van der Waals surface area contributed by atoms with Crippen molar-refractivity contribution in [3.8, 4) is 0 Å². The summed E-state index contributed by atoms with van der Waals surface area (Å²) >= 11 is 1.72. The van der Waals surface area contributed by atoms with Crippen LogP contribution in [0.25, 0.3) is 0 Å². The monoisotopic (exact) mass is 260 g/mol. The first-order valence-electron chi connectivity index (χ1n) is 5.80. The quantitative estimate of drug-likeness (QED) is 0.510. The van der Waals surface area contributed by atoms with Crippen LogP contribution in [0.1, 0.15) is 12.6 Å². The summed E-state index contributed by atoms with van der Waals surface area (Å²) in [7, 11) is 1.99. The van der Waals surface area contributed by atoms with E-state index in [0.29, 0.717) is 0 Å². The second-order valence-electron chi connectivity index (χ2n) is 3.69. The van der Waals surface area contributed by atoms with E-state index in [1.807, 2.05) is 48.1 Å². The van der Waals surface area contributed by atoms with Crippen molar-refractivity contribution in [3.05, 3.63) is 42.2 Å². The van der Waals surface area contributed by atoms with Gasteiger partial charge in [-0.15, -0.1) is 0 Å². The molecule has 0 spiro atoms. The van der Waals surface area contributed by atoms with Gasteiger partial charge in [-0.1, -0.05) is 36.9 Å². The molecule has 2 aromatic rings. The molecule has 5 heteroatoms. The SMILES string of the molecule is CCSc1ncc(/C=N/Nc2ccccc2)n1C. The molecule has 0 fully saturated rings. The minimum atomic E-state index is 0.971. The molecule has 2 rings (SSSR count). The molecule has 1 N–H and O–H groups in total. The van der Waals surface area contributed by atoms with Gasteiger partial charge in [0.05, 0.1) is 23.8 Å². The maximum atomic E-state index is 4.34. The number of para-hydroxylation sites is 1. The molecule has 0 saturated carbocycles. The van der Waals surface area contributed by atoms with Crippen LogP contribution < -0.4 is 5.43 Å². The van der Waals surface area contributed by atoms with E-state index in [4.69, 9.17) is 0 Å². The highest BCUT2D eigenvalue weighted by Gasteiger charge is 2.03. The lowest BCUT2D eigenvalue weighted by Crippen LogP contribution is -1.98. The fourth-order valence-corrected chi connectivity index (χ4v) is 2.16. The second kappa shape index (κ2) is 6.26. The second-order valence-corrected chi connectivity index (χ2v) is 4.92. The van der Waals surface area contributed by atoms with E-state index in [2.05, 4.69) is 22.4 Å². The van der Waals surface area contributed by atoms with Crippen LogP contribution in [-0.2, 0) is 7.05 Å². The highest BCUT2D eigenvalue weighted by molar-refractivity contribution is 7.99. The molecule has 0 saturated heterocycles. The van der Waals surface area contributed by atoms with Crippen molar-refractivity contribution in [2.24, 2.45) is 12.1 Å². The summed E-state index contributed by atoms with van der Waals surface area (Å²) < 4.78 is 2.03. The molecule has 4 nitrogen and oxygen atoms in total. The number of aromatic nitrogens is 2. The molecule has 0 aliphatic carbocycles. The molecule has 0 aliphatic rings. The van der Waals surface area contributed by atoms with Crippen molar-refractivity contribution in [1.29, 1.82) is 0 Å². The van der Waals surface area contributed by atoms with Crippen LogP contribution in [0.3, 0.4) is 0 Å². The van der Waals surface area contributed by atoms with Gasteiger partial charge in [0.2, 0.25) is 0 Å². The van der Waals surface area contributed by atoms with E-state index in [1.54, 1.807) is 18.0 Å². The molecule has 0 aliphatic heterocycles. The van der Waals surface area contributed by atoms with Gasteiger partial charge >= 0.3 is 0 Å². The smallest absolute Gasteiger partial charge is 0.168 e. The molecule has 1 aromatic carbocycles. The third-order valence-electron chi connectivity index (χ3n) is 2.42. The van der Waals surface area contributed by atoms with Crippen molar-refractivity contribution in [3.63, 3.8) is 0 Å². The van der Waals surface area contributed by atoms with Crippen molar-refractivity contribution in [1.82, 2.24) is 9.55 Å². The van der Waals surface area contributed by atoms with Crippen molar-refractivity contribution >= 4 is 23.7 Å². The van der Waals surface area contributed by atoms with Crippen LogP contribution in [0.5, 0.6) is 0 Å². The standard InChI is InChI=1S/C13H16N4S/c1-3-18-13-14-9-12(17(13)2)10-15-16-11-7-5-4-6-8-11/h4-10,16H,3H2,1-2H3/b15-10+. The van der Waals surface area contributed by atoms with Gasteiger partial charge < -0.3 is 4.57 Å². The van der Waals surface area contributed by atoms with Crippen molar-refractivity contribution in [2.75, 3.05) is 11.2 Å². The minimum Gasteiger partial charge on any atom is -0.321 e. The van der Waals surface area contributed by atoms with Crippen LogP contribution >= 0.6 is 11.8 Å². The molecular formula is C13H16N4S. The summed E-state index contributed by atoms with van der Waals surface area (Å²) in [4.78, 5) is 4.34. The highest BCUT2D eigenvalue weighted by Crippen LogP contribution is 2.15. The maximum Gasteiger partial charge on any atom is 0.168 e. The maximum absolute atomic E-state index is 4.34. The average Bonchev–Trinajstić information content (AvgIpc) is 2.73. The molecule has 1 aromatic heterocycles. The number of rotatable bonds is 5. The van der Waals surface area contributed by atoms with Crippen LogP contribution in [-0.4, -0.2) is 21.5 Å². The van der Waals surface area contributed by atoms with E-state index >= 15 is 0 Å². The third kappa shape index (κ3) is 3.13. The first-order chi connectivity index (χ1) is 8.81. The zero-order valence-electron chi connectivity index (χ0n) is 10.5. The molecule has 0 bridgehead atoms. The Labute approximate surface area is 111 Å². The summed E-state index contributed by atoms with van der Waals surface area (Å²) in [5, 5.41) is 5.21. The molecule has 1 heterocycles. The Morgan fingerprint density at radius 2 is 2.17 bits per heavy atom. The predicted octanol–water partition coefficient (Wildman–Crippen LogP) is 2.98. The third-order valence-corrected chi connectivity index (χ3v) is 3.35. The number of benzene rings is 1. The van der Waals surface area contributed by atoms with Gasteiger partial charge in [0.15, 0.2) is 5.16 Å². The van der Waals surface area contributed by atoms with Gasteiger partial charge in [-0.2, -0.15) is 5.10 Å². The minimum absolute atomic E-state index is 0.971. The predicted molar refractivity (Wildman–Crippen MR) is 77.3 cm³/mol. The number of thioether (sulfide) groups is 1. The van der Waals surface area contributed by atoms with E-state index in [-0.39, 0.29) is 0 Å². The van der Waals surface area contributed by atoms with E-state index < -0.39 is 0 Å². The Kier molecular flexibility index (Phi) is 4.41. The summed E-state index contributed by atoms with van der Waals surface area (Å²) in [6.07, 6.45) is 3.61. The van der Waals surface area contributed by atoms with Crippen LogP contribution in [0.4, 0.5) is 5.69 Å². The zero-order chi connectivity index (χ0) is 12.8. The van der Waals surface area contributed by atoms with Crippen molar-refractivity contribution in [2.45, 2.75) is 12.1 Å². The van der Waals surface area contributed by atoms with Gasteiger partial charge in [0.1, 0.15) is 0 Å². The molecule has 94 valence electrons. The van der Waals surface area contributed by atoms with Crippen LogP contribution in [0.15, 0.2) is 46.8 Å². The van der Waals surface area contributed by atoms with Crippen LogP contribution in [0, 0.1) is 0 Å². The van der Waals surface area contributed by atoms with E-state index in [9.17, 15) is 0 Å². The number of hydrazone groups is 1. The highest BCUT2D eigenvalue weighted by atomic mass is 32.2. The molecule has 0 radical (unpaired) electrons. The molecule has 0 unspecified atom stereocenters. The number of nitrogens with zero attached hydrogens (tertiary/aromatic N) is 3. The average molecular weight is 260 g/mol. The largest absolute Gasteiger partial charge is 0.321 e. The first-order valence-corrected chi connectivity index (χ1v) is 6.78. The van der Waals surface area contributed by atoms with Gasteiger partial charge in [-0.3, -0.25) is 5.43 Å². The summed E-state index contributed by atoms with van der Waals surface area (Å²) in [6, 6.07) is 9.86. The molecule has 0 atom stereocenters. The normalized spacial score (nSPS) is 11.0. The van der Waals surface area contributed by atoms with Gasteiger partial charge in [-0.05, 0) is 17.9 Å². The number of hydrogen-bond acceptors (Lipinski definition) is 4. The lowest BCUT2D eigenvalue weighted by molar-refractivity contribution is 0.785. The fraction of sp³-hybridized carbons (Fsp3) is 0.231. The fourth-order valence-electron chi connectivity index (χ4n) is 1.47. The Balaban J connectivity index is 2.01. The summed E-state index contributed by atoms with van der Waals surface area (Å²) in [5.74, 6) is 1.02. The van der Waals surface area contributed by atoms with Gasteiger partial charge in [-0.25, -0.2) is 4.98 Å². The summed E-state index contributed by atoms with van der Waals surface area (Å²) in [5.41, 5.74) is 4.94.